The average molecular weight is 497 g/mol. The minimum Gasteiger partial charge on any atom is -0.392 e. The average Bonchev–Trinajstić information content (AvgIpc) is 3.25. The van der Waals surface area contributed by atoms with E-state index in [1.165, 1.54) is 6.07 Å². The molecule has 1 aromatic carbocycles. The van der Waals surface area contributed by atoms with Crippen LogP contribution in [0.3, 0.4) is 0 Å². The van der Waals surface area contributed by atoms with Gasteiger partial charge in [0.1, 0.15) is 5.54 Å². The van der Waals surface area contributed by atoms with Crippen molar-refractivity contribution in [3.05, 3.63) is 29.3 Å². The standard InChI is InChI=1S/C24H31F3N4O2S/c1-23(2)21(33)31(18-9-8-17(15-28)20(14-18)24(25,26)27)22(34)30(23)12-7-5-3-4-6-11-29-13-10-19(32)16-29/h8-9,14,19,32H,3-7,10-13,16H2,1-2H3/t19-/m0/s1. The van der Waals surface area contributed by atoms with E-state index in [-0.39, 0.29) is 22.8 Å². The third kappa shape index (κ3) is 5.70. The quantitative estimate of drug-likeness (QED) is 0.406. The predicted molar refractivity (Wildman–Crippen MR) is 127 cm³/mol. The number of aliphatic hydroxyl groups excluding tert-OH is 1. The van der Waals surface area contributed by atoms with E-state index in [0.717, 1.165) is 75.2 Å². The number of nitrogens with zero attached hydrogens (tertiary/aromatic N) is 4. The summed E-state index contributed by atoms with van der Waals surface area (Å²) in [5.74, 6) is -0.386. The Balaban J connectivity index is 1.57. The zero-order valence-corrected chi connectivity index (χ0v) is 20.4. The number of thiocarbonyl (C=S) groups is 1. The van der Waals surface area contributed by atoms with Crippen LogP contribution in [0.15, 0.2) is 18.2 Å². The number of nitriles is 1. The van der Waals surface area contributed by atoms with Crippen molar-refractivity contribution in [3.63, 3.8) is 0 Å². The molecule has 2 saturated heterocycles. The molecule has 0 spiro atoms. The Morgan fingerprint density at radius 1 is 1.18 bits per heavy atom. The first kappa shape index (κ1) is 26.4. The van der Waals surface area contributed by atoms with Crippen molar-refractivity contribution in [1.29, 1.82) is 5.26 Å². The smallest absolute Gasteiger partial charge is 0.392 e. The minimum atomic E-state index is -4.71. The van der Waals surface area contributed by atoms with Crippen LogP contribution in [0.4, 0.5) is 18.9 Å². The monoisotopic (exact) mass is 496 g/mol. The zero-order valence-electron chi connectivity index (χ0n) is 19.6. The number of anilines is 1. The largest absolute Gasteiger partial charge is 0.417 e. The molecule has 2 fully saturated rings. The Morgan fingerprint density at radius 3 is 2.41 bits per heavy atom. The fourth-order valence-electron chi connectivity index (χ4n) is 4.59. The minimum absolute atomic E-state index is 0.0175. The molecule has 2 aliphatic rings. The maximum absolute atomic E-state index is 13.4. The van der Waals surface area contributed by atoms with Gasteiger partial charge in [-0.05, 0) is 70.1 Å². The lowest BCUT2D eigenvalue weighted by Gasteiger charge is -2.29. The molecule has 1 aromatic rings. The van der Waals surface area contributed by atoms with Crippen LogP contribution in [-0.2, 0) is 11.0 Å². The highest BCUT2D eigenvalue weighted by Gasteiger charge is 2.49. The highest BCUT2D eigenvalue weighted by molar-refractivity contribution is 7.80. The van der Waals surface area contributed by atoms with Gasteiger partial charge in [0.2, 0.25) is 0 Å². The van der Waals surface area contributed by atoms with E-state index in [1.807, 2.05) is 0 Å². The summed E-state index contributed by atoms with van der Waals surface area (Å²) in [5.41, 5.74) is -2.53. The lowest BCUT2D eigenvalue weighted by molar-refractivity contribution is -0.137. The van der Waals surface area contributed by atoms with E-state index >= 15 is 0 Å². The molecule has 0 saturated carbocycles. The van der Waals surface area contributed by atoms with Gasteiger partial charge in [0.15, 0.2) is 5.11 Å². The van der Waals surface area contributed by atoms with Crippen LogP contribution in [0, 0.1) is 11.3 Å². The van der Waals surface area contributed by atoms with Crippen molar-refractivity contribution in [2.75, 3.05) is 31.1 Å². The van der Waals surface area contributed by atoms with Crippen LogP contribution >= 0.6 is 12.2 Å². The molecule has 0 radical (unpaired) electrons. The summed E-state index contributed by atoms with van der Waals surface area (Å²) in [6.07, 6.45) is 0.911. The SMILES string of the molecule is CC1(C)C(=O)N(c2ccc(C#N)c(C(F)(F)F)c2)C(=S)N1CCCCCCCN1CC[C@H](O)C1. The van der Waals surface area contributed by atoms with Gasteiger partial charge in [-0.3, -0.25) is 9.69 Å². The number of hydrogen-bond acceptors (Lipinski definition) is 5. The molecular weight excluding hydrogens is 465 g/mol. The van der Waals surface area contributed by atoms with Crippen molar-refractivity contribution in [1.82, 2.24) is 9.80 Å². The van der Waals surface area contributed by atoms with E-state index in [2.05, 4.69) is 4.90 Å². The Bertz CT molecular complexity index is 961. The Labute approximate surface area is 203 Å². The van der Waals surface area contributed by atoms with Crippen molar-refractivity contribution < 1.29 is 23.1 Å². The summed E-state index contributed by atoms with van der Waals surface area (Å²) >= 11 is 5.52. The van der Waals surface area contributed by atoms with Crippen LogP contribution in [0.2, 0.25) is 0 Å². The molecule has 34 heavy (non-hydrogen) atoms. The van der Waals surface area contributed by atoms with Crippen LogP contribution in [-0.4, -0.2) is 63.7 Å². The first-order valence-electron chi connectivity index (χ1n) is 11.6. The van der Waals surface area contributed by atoms with Crippen LogP contribution < -0.4 is 4.90 Å². The second-order valence-corrected chi connectivity index (χ2v) is 9.85. The number of carbonyl (C=O) groups is 1. The number of likely N-dealkylation sites (tertiary alicyclic amines) is 1. The normalized spacial score (nSPS) is 20.9. The molecule has 3 rings (SSSR count). The number of aliphatic hydroxyl groups is 1. The molecule has 1 atom stereocenters. The topological polar surface area (TPSA) is 70.8 Å². The van der Waals surface area contributed by atoms with E-state index < -0.39 is 22.8 Å². The number of halogens is 3. The Kier molecular flexibility index (Phi) is 8.22. The number of β-amino-alcohol motifs (C(OH)–C–C–N with tert-alkyl or cyclic N) is 1. The molecule has 1 amide bonds. The highest BCUT2D eigenvalue weighted by atomic mass is 32.1. The number of unbranched alkanes of at least 4 members (excludes halogenated alkanes) is 4. The summed E-state index contributed by atoms with van der Waals surface area (Å²) in [7, 11) is 0. The number of alkyl halides is 3. The van der Waals surface area contributed by atoms with Gasteiger partial charge >= 0.3 is 6.18 Å². The number of carbonyl (C=O) groups excluding carboxylic acids is 1. The van der Waals surface area contributed by atoms with Crippen molar-refractivity contribution in [3.8, 4) is 6.07 Å². The molecule has 2 heterocycles. The van der Waals surface area contributed by atoms with Crippen molar-refractivity contribution >= 4 is 28.9 Å². The van der Waals surface area contributed by atoms with Crippen LogP contribution in [0.25, 0.3) is 0 Å². The summed E-state index contributed by atoms with van der Waals surface area (Å²) in [4.78, 5) is 18.3. The molecule has 0 aromatic heterocycles. The van der Waals surface area contributed by atoms with Gasteiger partial charge in [-0.2, -0.15) is 18.4 Å². The van der Waals surface area contributed by atoms with Gasteiger partial charge in [0.25, 0.3) is 5.91 Å². The second-order valence-electron chi connectivity index (χ2n) is 9.48. The van der Waals surface area contributed by atoms with E-state index in [1.54, 1.807) is 24.8 Å². The zero-order chi connectivity index (χ0) is 25.1. The van der Waals surface area contributed by atoms with E-state index in [4.69, 9.17) is 17.5 Å². The molecule has 186 valence electrons. The second kappa shape index (κ2) is 10.6. The lowest BCUT2D eigenvalue weighted by atomic mass is 10.0. The summed E-state index contributed by atoms with van der Waals surface area (Å²) in [6, 6.07) is 4.78. The van der Waals surface area contributed by atoms with Crippen LogP contribution in [0.1, 0.15) is 63.5 Å². The lowest BCUT2D eigenvalue weighted by Crippen LogP contribution is -2.44. The molecule has 6 nitrogen and oxygen atoms in total. The summed E-state index contributed by atoms with van der Waals surface area (Å²) < 4.78 is 40.2. The fourth-order valence-corrected chi connectivity index (χ4v) is 5.10. The first-order chi connectivity index (χ1) is 16.0. The molecule has 0 aliphatic carbocycles. The van der Waals surface area contributed by atoms with Crippen molar-refractivity contribution in [2.24, 2.45) is 0 Å². The number of rotatable bonds is 9. The van der Waals surface area contributed by atoms with Gasteiger partial charge < -0.3 is 14.9 Å². The maximum Gasteiger partial charge on any atom is 0.417 e. The Morgan fingerprint density at radius 2 is 1.82 bits per heavy atom. The van der Waals surface area contributed by atoms with Crippen molar-refractivity contribution in [2.45, 2.75) is 70.2 Å². The molecular formula is C24H31F3N4O2S. The molecule has 2 aliphatic heterocycles. The molecule has 10 heteroatoms. The molecule has 1 N–H and O–H groups in total. The third-order valence-corrected chi connectivity index (χ3v) is 7.02. The molecule has 0 bridgehead atoms. The van der Waals surface area contributed by atoms with E-state index in [0.29, 0.717) is 6.54 Å². The Hall–Kier alpha value is -2.22. The van der Waals surface area contributed by atoms with Gasteiger partial charge in [0.05, 0.1) is 29.0 Å². The first-order valence-corrected chi connectivity index (χ1v) is 12.1. The van der Waals surface area contributed by atoms with Gasteiger partial charge in [-0.1, -0.05) is 19.3 Å². The number of benzene rings is 1. The van der Waals surface area contributed by atoms with Gasteiger partial charge in [0, 0.05) is 19.6 Å². The highest BCUT2D eigenvalue weighted by Crippen LogP contribution is 2.38. The predicted octanol–water partition coefficient (Wildman–Crippen LogP) is 4.31. The number of amides is 1. The maximum atomic E-state index is 13.4. The summed E-state index contributed by atoms with van der Waals surface area (Å²) in [5, 5.41) is 18.8. The summed E-state index contributed by atoms with van der Waals surface area (Å²) in [6.45, 7) is 6.69. The third-order valence-electron chi connectivity index (χ3n) is 6.61. The fraction of sp³-hybridized carbons (Fsp3) is 0.625. The van der Waals surface area contributed by atoms with Gasteiger partial charge in [-0.15, -0.1) is 0 Å². The van der Waals surface area contributed by atoms with E-state index in [9.17, 15) is 23.1 Å². The molecule has 0 unspecified atom stereocenters. The number of hydrogen-bond donors (Lipinski definition) is 1. The van der Waals surface area contributed by atoms with Gasteiger partial charge in [-0.25, -0.2) is 0 Å². The van der Waals surface area contributed by atoms with Crippen LogP contribution in [0.5, 0.6) is 0 Å².